The van der Waals surface area contributed by atoms with Gasteiger partial charge in [0, 0.05) is 5.02 Å². The Bertz CT molecular complexity index is 627. The first-order valence-electron chi connectivity index (χ1n) is 7.62. The van der Waals surface area contributed by atoms with Crippen LogP contribution in [-0.4, -0.2) is 30.1 Å². The van der Waals surface area contributed by atoms with Gasteiger partial charge in [-0.05, 0) is 44.9 Å². The fourth-order valence-electron chi connectivity index (χ4n) is 2.34. The average Bonchev–Trinajstić information content (AvgIpc) is 2.46. The smallest absolute Gasteiger partial charge is 0.328 e. The van der Waals surface area contributed by atoms with E-state index < -0.39 is 17.6 Å². The molecule has 5 nitrogen and oxygen atoms in total. The van der Waals surface area contributed by atoms with E-state index >= 15 is 0 Å². The lowest BCUT2D eigenvalue weighted by molar-refractivity contribution is -0.148. The molecule has 0 aliphatic carbocycles. The van der Waals surface area contributed by atoms with E-state index in [0.29, 0.717) is 23.1 Å². The molecule has 0 saturated heterocycles. The van der Waals surface area contributed by atoms with Crippen LogP contribution in [0, 0.1) is 5.92 Å². The van der Waals surface area contributed by atoms with E-state index in [1.54, 1.807) is 39.0 Å². The number of carbonyl (C=O) groups excluding carboxylic acids is 2. The molecule has 0 bridgehead atoms. The van der Waals surface area contributed by atoms with Crippen molar-refractivity contribution in [3.63, 3.8) is 0 Å². The van der Waals surface area contributed by atoms with Crippen LogP contribution in [0.2, 0.25) is 5.02 Å². The molecular formula is C17H22ClNO4. The molecule has 0 saturated carbocycles. The van der Waals surface area contributed by atoms with Crippen molar-refractivity contribution in [3.8, 4) is 5.75 Å². The topological polar surface area (TPSA) is 55.8 Å². The Labute approximate surface area is 141 Å². The molecule has 0 radical (unpaired) electrons. The molecular weight excluding hydrogens is 318 g/mol. The minimum absolute atomic E-state index is 0.227. The maximum absolute atomic E-state index is 12.8. The van der Waals surface area contributed by atoms with Crippen LogP contribution < -0.4 is 9.64 Å². The van der Waals surface area contributed by atoms with Gasteiger partial charge in [0.2, 0.25) is 0 Å². The highest BCUT2D eigenvalue weighted by Gasteiger charge is 2.44. The molecule has 1 aliphatic rings. The number of nitrogens with zero attached hydrogens (tertiary/aromatic N) is 1. The molecule has 0 spiro atoms. The fraction of sp³-hybridized carbons (Fsp3) is 0.529. The number of hydrogen-bond donors (Lipinski definition) is 0. The molecule has 0 N–H and O–H groups in total. The second-order valence-electron chi connectivity index (χ2n) is 6.60. The first kappa shape index (κ1) is 17.6. The lowest BCUT2D eigenvalue weighted by Gasteiger charge is -2.40. The van der Waals surface area contributed by atoms with Crippen molar-refractivity contribution in [1.29, 1.82) is 0 Å². The Hall–Kier alpha value is -1.75. The standard InChI is InChI=1S/C17H22ClNO4/c1-10(2)9-22-15(20)11(3)19-13-8-12(18)6-7-14(13)23-17(4,5)16(19)21/h6-8,10-11H,9H2,1-5H3. The van der Waals surface area contributed by atoms with E-state index in [0.717, 1.165) is 0 Å². The Morgan fingerprint density at radius 1 is 1.35 bits per heavy atom. The van der Waals surface area contributed by atoms with Crippen LogP contribution in [0.3, 0.4) is 0 Å². The van der Waals surface area contributed by atoms with Gasteiger partial charge < -0.3 is 9.47 Å². The highest BCUT2D eigenvalue weighted by Crippen LogP contribution is 2.40. The Morgan fingerprint density at radius 3 is 2.61 bits per heavy atom. The maximum atomic E-state index is 12.8. The minimum Gasteiger partial charge on any atom is -0.476 e. The number of carbonyl (C=O) groups is 2. The molecule has 1 aromatic rings. The normalized spacial score (nSPS) is 17.5. The van der Waals surface area contributed by atoms with E-state index in [9.17, 15) is 9.59 Å². The largest absolute Gasteiger partial charge is 0.476 e. The molecule has 1 heterocycles. The zero-order valence-electron chi connectivity index (χ0n) is 14.1. The number of ether oxygens (including phenoxy) is 2. The van der Waals surface area contributed by atoms with Gasteiger partial charge in [-0.15, -0.1) is 0 Å². The van der Waals surface area contributed by atoms with E-state index in [2.05, 4.69) is 0 Å². The number of fused-ring (bicyclic) bond motifs is 1. The molecule has 1 unspecified atom stereocenters. The lowest BCUT2D eigenvalue weighted by atomic mass is 10.0. The zero-order valence-corrected chi connectivity index (χ0v) is 14.8. The van der Waals surface area contributed by atoms with Crippen molar-refractivity contribution in [2.45, 2.75) is 46.3 Å². The maximum Gasteiger partial charge on any atom is 0.328 e. The molecule has 6 heteroatoms. The summed E-state index contributed by atoms with van der Waals surface area (Å²) in [7, 11) is 0. The number of hydrogen-bond acceptors (Lipinski definition) is 4. The molecule has 2 rings (SSSR count). The van der Waals surface area contributed by atoms with Crippen LogP contribution in [0.5, 0.6) is 5.75 Å². The number of benzene rings is 1. The van der Waals surface area contributed by atoms with Crippen LogP contribution in [0.1, 0.15) is 34.6 Å². The SMILES string of the molecule is CC(C)COC(=O)C(C)N1C(=O)C(C)(C)Oc2ccc(Cl)cc21. The van der Waals surface area contributed by atoms with Gasteiger partial charge in [-0.25, -0.2) is 4.79 Å². The van der Waals surface area contributed by atoms with E-state index in [4.69, 9.17) is 21.1 Å². The van der Waals surface area contributed by atoms with Crippen LogP contribution in [0.15, 0.2) is 18.2 Å². The molecule has 1 atom stereocenters. The van der Waals surface area contributed by atoms with Crippen molar-refractivity contribution in [3.05, 3.63) is 23.2 Å². The van der Waals surface area contributed by atoms with Crippen molar-refractivity contribution >= 4 is 29.2 Å². The fourth-order valence-corrected chi connectivity index (χ4v) is 2.51. The third kappa shape index (κ3) is 3.61. The summed E-state index contributed by atoms with van der Waals surface area (Å²) in [5, 5.41) is 0.465. The summed E-state index contributed by atoms with van der Waals surface area (Å²) in [6.45, 7) is 9.21. The zero-order chi connectivity index (χ0) is 17.4. The summed E-state index contributed by atoms with van der Waals surface area (Å²) >= 11 is 6.04. The number of amides is 1. The molecule has 23 heavy (non-hydrogen) atoms. The Kier molecular flexibility index (Phi) is 4.90. The Balaban J connectivity index is 2.37. The first-order chi connectivity index (χ1) is 10.6. The van der Waals surface area contributed by atoms with Crippen LogP contribution in [-0.2, 0) is 14.3 Å². The number of rotatable bonds is 4. The average molecular weight is 340 g/mol. The van der Waals surface area contributed by atoms with Gasteiger partial charge in [-0.1, -0.05) is 25.4 Å². The second kappa shape index (κ2) is 6.40. The minimum atomic E-state index is -1.06. The van der Waals surface area contributed by atoms with E-state index in [-0.39, 0.29) is 11.8 Å². The molecule has 0 aromatic heterocycles. The Morgan fingerprint density at radius 2 is 2.00 bits per heavy atom. The lowest BCUT2D eigenvalue weighted by Crippen LogP contribution is -2.57. The third-order valence-electron chi connectivity index (χ3n) is 3.57. The van der Waals surface area contributed by atoms with Crippen molar-refractivity contribution in [2.75, 3.05) is 11.5 Å². The second-order valence-corrected chi connectivity index (χ2v) is 7.04. The van der Waals surface area contributed by atoms with Gasteiger partial charge in [0.25, 0.3) is 5.91 Å². The van der Waals surface area contributed by atoms with Gasteiger partial charge in [-0.2, -0.15) is 0 Å². The van der Waals surface area contributed by atoms with Gasteiger partial charge in [0.1, 0.15) is 11.8 Å². The van der Waals surface area contributed by atoms with Gasteiger partial charge in [0.05, 0.1) is 12.3 Å². The summed E-state index contributed by atoms with van der Waals surface area (Å²) in [6, 6.07) is 4.25. The summed E-state index contributed by atoms with van der Waals surface area (Å²) in [5.41, 5.74) is -0.580. The highest BCUT2D eigenvalue weighted by molar-refractivity contribution is 6.31. The summed E-state index contributed by atoms with van der Waals surface area (Å²) < 4.78 is 11.0. The van der Waals surface area contributed by atoms with E-state index in [1.807, 2.05) is 13.8 Å². The number of esters is 1. The summed E-state index contributed by atoms with van der Waals surface area (Å²) in [5.74, 6) is -0.0100. The third-order valence-corrected chi connectivity index (χ3v) is 3.80. The number of anilines is 1. The highest BCUT2D eigenvalue weighted by atomic mass is 35.5. The number of halogens is 1. The van der Waals surface area contributed by atoms with Gasteiger partial charge in [0.15, 0.2) is 5.60 Å². The van der Waals surface area contributed by atoms with Crippen LogP contribution in [0.4, 0.5) is 5.69 Å². The van der Waals surface area contributed by atoms with Crippen LogP contribution >= 0.6 is 11.6 Å². The molecule has 126 valence electrons. The predicted molar refractivity (Wildman–Crippen MR) is 88.9 cm³/mol. The first-order valence-corrected chi connectivity index (χ1v) is 8.00. The molecule has 0 fully saturated rings. The molecule has 1 amide bonds. The predicted octanol–water partition coefficient (Wildman–Crippen LogP) is 3.43. The van der Waals surface area contributed by atoms with Crippen molar-refractivity contribution in [2.24, 2.45) is 5.92 Å². The van der Waals surface area contributed by atoms with Gasteiger partial charge >= 0.3 is 5.97 Å². The summed E-state index contributed by atoms with van der Waals surface area (Å²) in [4.78, 5) is 26.5. The van der Waals surface area contributed by atoms with Gasteiger partial charge in [-0.3, -0.25) is 9.69 Å². The molecule has 1 aliphatic heterocycles. The summed E-state index contributed by atoms with van der Waals surface area (Å²) in [6.07, 6.45) is 0. The van der Waals surface area contributed by atoms with E-state index in [1.165, 1.54) is 4.90 Å². The monoisotopic (exact) mass is 339 g/mol. The quantitative estimate of drug-likeness (QED) is 0.789. The van der Waals surface area contributed by atoms with Crippen molar-refractivity contribution in [1.82, 2.24) is 0 Å². The van der Waals surface area contributed by atoms with Crippen LogP contribution in [0.25, 0.3) is 0 Å². The molecule has 1 aromatic carbocycles. The van der Waals surface area contributed by atoms with Crippen molar-refractivity contribution < 1.29 is 19.1 Å².